The molecule has 5 heteroatoms. The summed E-state index contributed by atoms with van der Waals surface area (Å²) in [6.07, 6.45) is 9.44. The van der Waals surface area contributed by atoms with Crippen LogP contribution < -0.4 is 5.32 Å². The molecule has 0 spiro atoms. The summed E-state index contributed by atoms with van der Waals surface area (Å²) >= 11 is 0. The van der Waals surface area contributed by atoms with Gasteiger partial charge in [0.25, 0.3) is 0 Å². The first kappa shape index (κ1) is 21.3. The fraction of sp³-hybridized carbons (Fsp3) is 0.739. The van der Waals surface area contributed by atoms with Crippen LogP contribution in [0, 0.1) is 11.3 Å². The number of aromatic nitrogens is 1. The Kier molecular flexibility index (Phi) is 7.47. The molecular weight excluding hydrogens is 348 g/mol. The third-order valence-electron chi connectivity index (χ3n) is 6.20. The Labute approximate surface area is 170 Å². The van der Waals surface area contributed by atoms with Crippen molar-refractivity contribution in [3.8, 4) is 0 Å². The zero-order valence-electron chi connectivity index (χ0n) is 18.0. The van der Waals surface area contributed by atoms with E-state index in [1.807, 2.05) is 18.5 Å². The third kappa shape index (κ3) is 6.56. The number of nitrogens with one attached hydrogen (secondary N) is 1. The highest BCUT2D eigenvalue weighted by Gasteiger charge is 2.31. The van der Waals surface area contributed by atoms with Gasteiger partial charge < -0.3 is 5.32 Å². The van der Waals surface area contributed by atoms with Gasteiger partial charge >= 0.3 is 0 Å². The van der Waals surface area contributed by atoms with Crippen molar-refractivity contribution in [2.45, 2.75) is 65.5 Å². The number of carbonyl (C=O) groups is 1. The normalized spacial score (nSPS) is 22.9. The van der Waals surface area contributed by atoms with Crippen LogP contribution in [0.25, 0.3) is 0 Å². The van der Waals surface area contributed by atoms with Gasteiger partial charge in [-0.15, -0.1) is 0 Å². The summed E-state index contributed by atoms with van der Waals surface area (Å²) in [5.74, 6) is 0.435. The van der Waals surface area contributed by atoms with Gasteiger partial charge in [0.15, 0.2) is 0 Å². The fourth-order valence-corrected chi connectivity index (χ4v) is 4.45. The number of amides is 1. The van der Waals surface area contributed by atoms with E-state index in [2.05, 4.69) is 46.9 Å². The molecule has 0 bridgehead atoms. The summed E-state index contributed by atoms with van der Waals surface area (Å²) in [6.45, 7) is 12.8. The number of nitrogens with zero attached hydrogens (tertiary/aromatic N) is 3. The lowest BCUT2D eigenvalue weighted by atomic mass is 9.91. The van der Waals surface area contributed by atoms with Crippen LogP contribution >= 0.6 is 0 Å². The SMILES string of the molecule is CC(C)(C)CCNC(=O)[C@@H]1CCCN(C2CCN(Cc3cccnc3)CC2)C1. The van der Waals surface area contributed by atoms with E-state index in [1.165, 1.54) is 18.4 Å². The second kappa shape index (κ2) is 9.84. The van der Waals surface area contributed by atoms with Crippen LogP contribution in [0.1, 0.15) is 58.4 Å². The van der Waals surface area contributed by atoms with Crippen molar-refractivity contribution in [1.82, 2.24) is 20.1 Å². The summed E-state index contributed by atoms with van der Waals surface area (Å²) in [7, 11) is 0. The minimum Gasteiger partial charge on any atom is -0.356 e. The molecule has 0 aliphatic carbocycles. The van der Waals surface area contributed by atoms with Crippen LogP contribution in [-0.4, -0.2) is 59.5 Å². The average molecular weight is 387 g/mol. The van der Waals surface area contributed by atoms with Gasteiger partial charge in [-0.2, -0.15) is 0 Å². The van der Waals surface area contributed by atoms with Crippen molar-refractivity contribution < 1.29 is 4.79 Å². The molecule has 5 nitrogen and oxygen atoms in total. The molecule has 0 aromatic carbocycles. The molecule has 1 atom stereocenters. The standard InChI is InChI=1S/C23H38N4O/c1-23(2,3)10-12-25-22(28)20-7-5-13-27(18-20)21-8-14-26(15-9-21)17-19-6-4-11-24-16-19/h4,6,11,16,20-21H,5,7-10,12-15,17-18H2,1-3H3,(H,25,28)/t20-/m1/s1. The molecule has 0 radical (unpaired) electrons. The highest BCUT2D eigenvalue weighted by Crippen LogP contribution is 2.25. The highest BCUT2D eigenvalue weighted by atomic mass is 16.1. The molecule has 2 saturated heterocycles. The quantitative estimate of drug-likeness (QED) is 0.815. The number of likely N-dealkylation sites (tertiary alicyclic amines) is 2. The van der Waals surface area contributed by atoms with Crippen LogP contribution in [0.2, 0.25) is 0 Å². The van der Waals surface area contributed by atoms with Crippen molar-refractivity contribution in [3.05, 3.63) is 30.1 Å². The Morgan fingerprint density at radius 2 is 2.00 bits per heavy atom. The van der Waals surface area contributed by atoms with E-state index in [9.17, 15) is 4.79 Å². The second-order valence-corrected chi connectivity index (χ2v) is 9.80. The summed E-state index contributed by atoms with van der Waals surface area (Å²) in [5.41, 5.74) is 1.57. The molecule has 1 aromatic rings. The number of pyridine rings is 1. The van der Waals surface area contributed by atoms with E-state index in [0.717, 1.165) is 58.5 Å². The van der Waals surface area contributed by atoms with E-state index < -0.39 is 0 Å². The molecule has 1 aromatic heterocycles. The summed E-state index contributed by atoms with van der Waals surface area (Å²) in [4.78, 5) is 22.0. The molecule has 2 fully saturated rings. The molecule has 2 aliphatic heterocycles. The van der Waals surface area contributed by atoms with Crippen molar-refractivity contribution in [1.29, 1.82) is 0 Å². The molecule has 3 rings (SSSR count). The first-order valence-corrected chi connectivity index (χ1v) is 11.0. The molecule has 156 valence electrons. The van der Waals surface area contributed by atoms with Gasteiger partial charge in [-0.25, -0.2) is 0 Å². The zero-order valence-corrected chi connectivity index (χ0v) is 18.0. The largest absolute Gasteiger partial charge is 0.356 e. The van der Waals surface area contributed by atoms with Gasteiger partial charge in [-0.3, -0.25) is 19.6 Å². The lowest BCUT2D eigenvalue weighted by Crippen LogP contribution is -2.50. The molecule has 0 saturated carbocycles. The van der Waals surface area contributed by atoms with E-state index in [0.29, 0.717) is 6.04 Å². The van der Waals surface area contributed by atoms with Crippen molar-refractivity contribution >= 4 is 5.91 Å². The topological polar surface area (TPSA) is 48.5 Å². The number of carbonyl (C=O) groups excluding carboxylic acids is 1. The van der Waals surface area contributed by atoms with Gasteiger partial charge in [0.05, 0.1) is 5.92 Å². The summed E-state index contributed by atoms with van der Waals surface area (Å²) < 4.78 is 0. The van der Waals surface area contributed by atoms with Crippen molar-refractivity contribution in [3.63, 3.8) is 0 Å². The Hall–Kier alpha value is -1.46. The van der Waals surface area contributed by atoms with Crippen LogP contribution in [-0.2, 0) is 11.3 Å². The van der Waals surface area contributed by atoms with Crippen LogP contribution in [0.3, 0.4) is 0 Å². The number of piperidine rings is 2. The third-order valence-corrected chi connectivity index (χ3v) is 6.20. The number of rotatable bonds is 6. The van der Waals surface area contributed by atoms with E-state index in [-0.39, 0.29) is 17.2 Å². The zero-order chi connectivity index (χ0) is 20.0. The molecule has 3 heterocycles. The van der Waals surface area contributed by atoms with Gasteiger partial charge in [-0.1, -0.05) is 26.8 Å². The Balaban J connectivity index is 1.41. The predicted molar refractivity (Wildman–Crippen MR) is 114 cm³/mol. The van der Waals surface area contributed by atoms with E-state index in [4.69, 9.17) is 0 Å². The van der Waals surface area contributed by atoms with Crippen molar-refractivity contribution in [2.75, 3.05) is 32.7 Å². The minimum absolute atomic E-state index is 0.169. The molecule has 1 amide bonds. The molecule has 28 heavy (non-hydrogen) atoms. The summed E-state index contributed by atoms with van der Waals surface area (Å²) in [5, 5.41) is 3.19. The van der Waals surface area contributed by atoms with Crippen LogP contribution in [0.4, 0.5) is 0 Å². The first-order valence-electron chi connectivity index (χ1n) is 11.0. The lowest BCUT2D eigenvalue weighted by molar-refractivity contribution is -0.127. The van der Waals surface area contributed by atoms with Gasteiger partial charge in [-0.05, 0) is 68.8 Å². The molecule has 0 unspecified atom stereocenters. The second-order valence-electron chi connectivity index (χ2n) is 9.80. The Morgan fingerprint density at radius 1 is 1.21 bits per heavy atom. The molecule has 2 aliphatic rings. The average Bonchev–Trinajstić information content (AvgIpc) is 2.68. The van der Waals surface area contributed by atoms with Gasteiger partial charge in [0.2, 0.25) is 5.91 Å². The van der Waals surface area contributed by atoms with Gasteiger partial charge in [0, 0.05) is 38.1 Å². The lowest BCUT2D eigenvalue weighted by Gasteiger charge is -2.42. The number of hydrogen-bond donors (Lipinski definition) is 1. The Morgan fingerprint density at radius 3 is 2.68 bits per heavy atom. The predicted octanol–water partition coefficient (Wildman–Crippen LogP) is 3.31. The monoisotopic (exact) mass is 386 g/mol. The maximum absolute atomic E-state index is 12.6. The molecule has 1 N–H and O–H groups in total. The Bertz CT molecular complexity index is 605. The highest BCUT2D eigenvalue weighted by molar-refractivity contribution is 5.78. The minimum atomic E-state index is 0.169. The van der Waals surface area contributed by atoms with Crippen molar-refractivity contribution in [2.24, 2.45) is 11.3 Å². The number of hydrogen-bond acceptors (Lipinski definition) is 4. The van der Waals surface area contributed by atoms with E-state index >= 15 is 0 Å². The van der Waals surface area contributed by atoms with E-state index in [1.54, 1.807) is 0 Å². The van der Waals surface area contributed by atoms with Crippen LogP contribution in [0.15, 0.2) is 24.5 Å². The van der Waals surface area contributed by atoms with Crippen LogP contribution in [0.5, 0.6) is 0 Å². The maximum atomic E-state index is 12.6. The van der Waals surface area contributed by atoms with Gasteiger partial charge in [0.1, 0.15) is 0 Å². The first-order chi connectivity index (χ1) is 13.4. The fourth-order valence-electron chi connectivity index (χ4n) is 4.45. The maximum Gasteiger partial charge on any atom is 0.224 e. The smallest absolute Gasteiger partial charge is 0.224 e. The summed E-state index contributed by atoms with van der Waals surface area (Å²) in [6, 6.07) is 4.81. The molecular formula is C23H38N4O.